The first-order valence-corrected chi connectivity index (χ1v) is 21.3. The Hall–Kier alpha value is -7.89. The van der Waals surface area contributed by atoms with Crippen molar-refractivity contribution in [1.29, 1.82) is 0 Å². The summed E-state index contributed by atoms with van der Waals surface area (Å²) < 4.78 is 48.3. The van der Waals surface area contributed by atoms with Crippen LogP contribution >= 0.6 is 0 Å². The van der Waals surface area contributed by atoms with Crippen molar-refractivity contribution in [3.8, 4) is 27.9 Å². The van der Waals surface area contributed by atoms with Gasteiger partial charge in [-0.15, -0.1) is 0 Å². The van der Waals surface area contributed by atoms with Crippen molar-refractivity contribution in [1.82, 2.24) is 4.57 Å². The van der Waals surface area contributed by atoms with Crippen molar-refractivity contribution < 1.29 is 13.2 Å². The van der Waals surface area contributed by atoms with Gasteiger partial charge in [-0.25, -0.2) is 0 Å². The summed E-state index contributed by atoms with van der Waals surface area (Å²) in [6.07, 6.45) is -4.61. The Kier molecular flexibility index (Phi) is 7.43. The number of fused-ring (bicyclic) bond motifs is 16. The molecule has 0 radical (unpaired) electrons. The highest BCUT2D eigenvalue weighted by atomic mass is 19.4. The number of alkyl halides is 3. The summed E-state index contributed by atoms with van der Waals surface area (Å²) in [7, 11) is 0. The molecule has 0 unspecified atom stereocenters. The SMILES string of the molecule is FC(F)(F)c1ccccc1N(c1ccc2ccccc2c1)c1cc2c(c3ccccc13)-c1cc3c(cc1C21c2ccccc2-c2ccccc21)c1ccccc1n3-c1ccccc1. The number of halogens is 3. The number of nitrogens with zero attached hydrogens (tertiary/aromatic N) is 2. The molecule has 0 saturated carbocycles. The number of aromatic nitrogens is 1. The van der Waals surface area contributed by atoms with Crippen LogP contribution in [0.5, 0.6) is 0 Å². The van der Waals surface area contributed by atoms with Gasteiger partial charge in [0.2, 0.25) is 0 Å². The van der Waals surface area contributed by atoms with Crippen molar-refractivity contribution in [2.75, 3.05) is 4.90 Å². The zero-order valence-corrected chi connectivity index (χ0v) is 33.7. The van der Waals surface area contributed by atoms with Gasteiger partial charge < -0.3 is 9.47 Å². The smallest absolute Gasteiger partial charge is 0.309 e. The largest absolute Gasteiger partial charge is 0.418 e. The fourth-order valence-corrected chi connectivity index (χ4v) is 11.1. The fourth-order valence-electron chi connectivity index (χ4n) is 11.1. The highest BCUT2D eigenvalue weighted by Crippen LogP contribution is 2.65. The third-order valence-electron chi connectivity index (χ3n) is 13.6. The molecule has 5 heteroatoms. The van der Waals surface area contributed by atoms with Crippen LogP contribution in [0.15, 0.2) is 212 Å². The van der Waals surface area contributed by atoms with Crippen molar-refractivity contribution >= 4 is 60.4 Å². The normalized spacial score (nSPS) is 13.4. The van der Waals surface area contributed by atoms with Gasteiger partial charge in [0.1, 0.15) is 0 Å². The monoisotopic (exact) mass is 816 g/mol. The van der Waals surface area contributed by atoms with Crippen molar-refractivity contribution in [3.05, 3.63) is 240 Å². The quantitative estimate of drug-likeness (QED) is 0.172. The Morgan fingerprint density at radius 2 is 1.02 bits per heavy atom. The number of para-hydroxylation sites is 3. The standard InChI is InChI=1S/C58H35F3N2/c59-58(60,61)49-27-13-15-29-53(49)63(39-31-30-36-16-4-5-17-37(36)32-39)55-35-51-56(44-24-7-6-22-42(44)55)46-34-54-45(43-23-10-14-28-52(43)62(54)38-18-2-1-3-19-38)33-50(46)57(51)47-25-11-8-20-40(47)41-21-9-12-26-48(41)57/h1-35H. The van der Waals surface area contributed by atoms with Gasteiger partial charge in [-0.1, -0.05) is 152 Å². The summed E-state index contributed by atoms with van der Waals surface area (Å²) in [5.41, 5.74) is 12.2. The molecule has 298 valence electrons. The van der Waals surface area contributed by atoms with Crippen LogP contribution in [0.1, 0.15) is 27.8 Å². The lowest BCUT2D eigenvalue weighted by atomic mass is 9.70. The van der Waals surface area contributed by atoms with Gasteiger partial charge in [0.05, 0.1) is 33.4 Å². The number of benzene rings is 10. The van der Waals surface area contributed by atoms with E-state index in [2.05, 4.69) is 138 Å². The predicted octanol–water partition coefficient (Wildman–Crippen LogP) is 15.9. The maximum absolute atomic E-state index is 15.3. The highest BCUT2D eigenvalue weighted by molar-refractivity contribution is 6.17. The second-order valence-corrected chi connectivity index (χ2v) is 16.7. The molecule has 1 spiro atoms. The van der Waals surface area contributed by atoms with E-state index < -0.39 is 17.2 Å². The van der Waals surface area contributed by atoms with E-state index in [9.17, 15) is 0 Å². The molecule has 0 bridgehead atoms. The molecule has 0 saturated heterocycles. The average Bonchev–Trinajstić information content (AvgIpc) is 3.92. The van der Waals surface area contributed by atoms with Crippen LogP contribution in [0.25, 0.3) is 71.3 Å². The molecule has 2 aliphatic rings. The Morgan fingerprint density at radius 1 is 0.397 bits per heavy atom. The van der Waals surface area contributed by atoms with Gasteiger partial charge in [-0.05, 0) is 121 Å². The van der Waals surface area contributed by atoms with Crippen molar-refractivity contribution in [3.63, 3.8) is 0 Å². The van der Waals surface area contributed by atoms with Gasteiger partial charge >= 0.3 is 6.18 Å². The first-order chi connectivity index (χ1) is 30.9. The number of hydrogen-bond acceptors (Lipinski definition) is 1. The molecule has 2 aliphatic carbocycles. The molecule has 1 aromatic heterocycles. The topological polar surface area (TPSA) is 8.17 Å². The van der Waals surface area contributed by atoms with E-state index in [1.807, 2.05) is 59.5 Å². The molecule has 63 heavy (non-hydrogen) atoms. The Bertz CT molecular complexity index is 3650. The van der Waals surface area contributed by atoms with Crippen LogP contribution in [0.4, 0.5) is 30.2 Å². The third kappa shape index (κ3) is 4.90. The van der Waals surface area contributed by atoms with E-state index in [0.29, 0.717) is 11.4 Å². The van der Waals surface area contributed by atoms with Crippen LogP contribution in [-0.2, 0) is 11.6 Å². The molecule has 13 rings (SSSR count). The first kappa shape index (κ1) is 35.8. The van der Waals surface area contributed by atoms with Gasteiger partial charge in [-0.3, -0.25) is 0 Å². The molecule has 11 aromatic rings. The van der Waals surface area contributed by atoms with Crippen LogP contribution in [0.2, 0.25) is 0 Å². The summed E-state index contributed by atoms with van der Waals surface area (Å²) >= 11 is 0. The molecular weight excluding hydrogens is 782 g/mol. The van der Waals surface area contributed by atoms with E-state index in [1.165, 1.54) is 12.1 Å². The minimum absolute atomic E-state index is 0.0660. The van der Waals surface area contributed by atoms with Crippen LogP contribution in [0.3, 0.4) is 0 Å². The Labute approximate surface area is 361 Å². The number of hydrogen-bond donors (Lipinski definition) is 0. The minimum atomic E-state index is -4.61. The predicted molar refractivity (Wildman–Crippen MR) is 252 cm³/mol. The van der Waals surface area contributed by atoms with Crippen LogP contribution < -0.4 is 4.90 Å². The fraction of sp³-hybridized carbons (Fsp3) is 0.0345. The summed E-state index contributed by atoms with van der Waals surface area (Å²) in [5.74, 6) is 0. The summed E-state index contributed by atoms with van der Waals surface area (Å²) in [5, 5.41) is 6.08. The summed E-state index contributed by atoms with van der Waals surface area (Å²) in [6.45, 7) is 0. The second kappa shape index (κ2) is 13.1. The molecule has 0 N–H and O–H groups in total. The molecule has 1 heterocycles. The zero-order chi connectivity index (χ0) is 42.0. The zero-order valence-electron chi connectivity index (χ0n) is 33.7. The van der Waals surface area contributed by atoms with Gasteiger partial charge in [0.15, 0.2) is 0 Å². The lowest BCUT2D eigenvalue weighted by molar-refractivity contribution is -0.137. The van der Waals surface area contributed by atoms with Crippen molar-refractivity contribution in [2.45, 2.75) is 11.6 Å². The lowest BCUT2D eigenvalue weighted by Crippen LogP contribution is -2.26. The lowest BCUT2D eigenvalue weighted by Gasteiger charge is -2.34. The molecular formula is C58H35F3N2. The summed E-state index contributed by atoms with van der Waals surface area (Å²) in [4.78, 5) is 1.84. The molecule has 0 atom stereocenters. The molecule has 2 nitrogen and oxygen atoms in total. The van der Waals surface area contributed by atoms with E-state index in [1.54, 1.807) is 12.1 Å². The van der Waals surface area contributed by atoms with Gasteiger partial charge in [-0.2, -0.15) is 13.2 Å². The van der Waals surface area contributed by atoms with E-state index >= 15 is 13.2 Å². The van der Waals surface area contributed by atoms with Crippen LogP contribution in [-0.4, -0.2) is 4.57 Å². The molecule has 0 aliphatic heterocycles. The number of anilines is 3. The molecule has 0 fully saturated rings. The van der Waals surface area contributed by atoms with E-state index in [4.69, 9.17) is 0 Å². The first-order valence-electron chi connectivity index (χ1n) is 21.3. The van der Waals surface area contributed by atoms with E-state index in [0.717, 1.165) is 93.5 Å². The Balaban J connectivity index is 1.21. The maximum atomic E-state index is 15.3. The van der Waals surface area contributed by atoms with Crippen LogP contribution in [0, 0.1) is 0 Å². The van der Waals surface area contributed by atoms with Crippen molar-refractivity contribution in [2.24, 2.45) is 0 Å². The minimum Gasteiger partial charge on any atom is -0.309 e. The summed E-state index contributed by atoms with van der Waals surface area (Å²) in [6, 6.07) is 71.7. The third-order valence-corrected chi connectivity index (χ3v) is 13.6. The Morgan fingerprint density at radius 3 is 1.78 bits per heavy atom. The number of rotatable bonds is 4. The molecule has 10 aromatic carbocycles. The highest BCUT2D eigenvalue weighted by Gasteiger charge is 2.53. The maximum Gasteiger partial charge on any atom is 0.418 e. The second-order valence-electron chi connectivity index (χ2n) is 16.7. The average molecular weight is 817 g/mol. The van der Waals surface area contributed by atoms with Gasteiger partial charge in [0, 0.05) is 27.5 Å². The molecule has 0 amide bonds. The van der Waals surface area contributed by atoms with E-state index in [-0.39, 0.29) is 5.69 Å². The van der Waals surface area contributed by atoms with Gasteiger partial charge in [0.25, 0.3) is 0 Å².